The number of nitrogen functional groups attached to an aromatic ring is 2. The Bertz CT molecular complexity index is 3050. The van der Waals surface area contributed by atoms with Gasteiger partial charge in [-0.3, -0.25) is 18.7 Å². The van der Waals surface area contributed by atoms with Crippen LogP contribution in [-0.2, 0) is 29.8 Å². The zero-order valence-corrected chi connectivity index (χ0v) is 43.9. The van der Waals surface area contributed by atoms with Crippen LogP contribution in [0.4, 0.5) is 23.5 Å². The summed E-state index contributed by atoms with van der Waals surface area (Å²) in [6.07, 6.45) is 0.128. The molecule has 0 aliphatic carbocycles. The third kappa shape index (κ3) is 14.2. The van der Waals surface area contributed by atoms with Crippen LogP contribution in [0.3, 0.4) is 0 Å². The van der Waals surface area contributed by atoms with Crippen molar-refractivity contribution in [2.24, 2.45) is 0 Å². The molecule has 2 amide bonds. The number of hydrogen-bond acceptors (Lipinski definition) is 22. The molecule has 6 heterocycles. The number of anilines is 4. The molecule has 6 aromatic rings. The summed E-state index contributed by atoms with van der Waals surface area (Å²) in [5.74, 6) is 6.37. The van der Waals surface area contributed by atoms with Crippen molar-refractivity contribution >= 4 is 77.4 Å². The van der Waals surface area contributed by atoms with Gasteiger partial charge in [-0.05, 0) is 36.4 Å². The maximum absolute atomic E-state index is 13.0. The van der Waals surface area contributed by atoms with E-state index in [1.54, 1.807) is 74.6 Å². The molecule has 0 spiro atoms. The third-order valence-electron chi connectivity index (χ3n) is 11.8. The highest BCUT2D eigenvalue weighted by Crippen LogP contribution is 2.37. The molecular formula is C48H58N10O16S2. The van der Waals surface area contributed by atoms with Crippen LogP contribution in [-0.4, -0.2) is 186 Å². The fraction of sp³-hybridized carbons (Fsp3) is 0.375. The lowest BCUT2D eigenvalue weighted by Gasteiger charge is -2.37. The summed E-state index contributed by atoms with van der Waals surface area (Å²) in [6, 6.07) is 21.8. The Morgan fingerprint density at radius 3 is 1.14 bits per heavy atom. The van der Waals surface area contributed by atoms with Crippen LogP contribution in [0, 0.1) is 0 Å². The highest BCUT2D eigenvalue weighted by Gasteiger charge is 2.35. The molecule has 0 radical (unpaired) electrons. The van der Waals surface area contributed by atoms with Gasteiger partial charge in [0.2, 0.25) is 24.1 Å². The molecule has 4 aliphatic heterocycles. The minimum Gasteiger partial charge on any atom is -0.493 e. The first-order valence-electron chi connectivity index (χ1n) is 23.2. The fourth-order valence-electron chi connectivity index (χ4n) is 8.16. The van der Waals surface area contributed by atoms with Gasteiger partial charge < -0.3 is 69.0 Å². The Labute approximate surface area is 437 Å². The lowest BCUT2D eigenvalue weighted by molar-refractivity contribution is -0.142. The van der Waals surface area contributed by atoms with Crippen molar-refractivity contribution in [2.75, 3.05) is 128 Å². The lowest BCUT2D eigenvalue weighted by Crippen LogP contribution is -2.54. The van der Waals surface area contributed by atoms with Gasteiger partial charge in [-0.25, -0.2) is 9.97 Å². The van der Waals surface area contributed by atoms with Gasteiger partial charge in [-0.15, -0.1) is 0 Å². The molecule has 0 bridgehead atoms. The van der Waals surface area contributed by atoms with Crippen LogP contribution in [0.15, 0.2) is 72.8 Å². The zero-order valence-electron chi connectivity index (χ0n) is 42.3. The highest BCUT2D eigenvalue weighted by molar-refractivity contribution is 7.85. The number of carbonyl (C=O) groups excluding carboxylic acids is 2. The van der Waals surface area contributed by atoms with E-state index in [0.717, 1.165) is 0 Å². The average Bonchev–Trinajstić information content (AvgIpc) is 3.41. The first-order chi connectivity index (χ1) is 36.1. The fourth-order valence-corrected chi connectivity index (χ4v) is 8.16. The number of amides is 2. The molecule has 10 rings (SSSR count). The van der Waals surface area contributed by atoms with Crippen LogP contribution < -0.4 is 59.2 Å². The largest absolute Gasteiger partial charge is 0.493 e. The third-order valence-corrected chi connectivity index (χ3v) is 11.8. The minimum absolute atomic E-state index is 0.0834. The first kappa shape index (κ1) is 55.7. The standard InChI is InChI=1S/2C23H25N5O5.2CH4O3S/c2*1-30-18-11-14-15(12-19(18)31-2)25-23(26-21(14)24)28-9-7-27(8-10-28)22(29)20-13-32-16-5-3-4-6-17(16)33-20;2*1-5(2,3)4/h2*3-6,11-12,20H,7-10,13H2,1-2H3,(H2,24,25,26);2*1H3,(H,2,3,4). The number of rotatable bonds is 8. The molecule has 4 aromatic carbocycles. The Kier molecular flexibility index (Phi) is 17.6. The number of carbonyl (C=O) groups is 2. The number of piperazine rings is 2. The maximum Gasteiger partial charge on any atom is 0.267 e. The second kappa shape index (κ2) is 24.1. The van der Waals surface area contributed by atoms with E-state index in [2.05, 4.69) is 19.9 Å². The highest BCUT2D eigenvalue weighted by atomic mass is 32.2. The van der Waals surface area contributed by atoms with Crippen molar-refractivity contribution in [3.05, 3.63) is 72.8 Å². The Morgan fingerprint density at radius 2 is 0.829 bits per heavy atom. The van der Waals surface area contributed by atoms with Crippen molar-refractivity contribution in [1.82, 2.24) is 29.7 Å². The molecule has 6 N–H and O–H groups in total. The molecule has 28 heteroatoms. The van der Waals surface area contributed by atoms with Gasteiger partial charge in [0.25, 0.3) is 32.1 Å². The predicted molar refractivity (Wildman–Crippen MR) is 279 cm³/mol. The number of fused-ring (bicyclic) bond motifs is 4. The monoisotopic (exact) mass is 1090 g/mol. The van der Waals surface area contributed by atoms with E-state index < -0.39 is 32.4 Å². The van der Waals surface area contributed by atoms with Crippen LogP contribution in [0.5, 0.6) is 46.0 Å². The molecule has 2 atom stereocenters. The number of hydrogen-bond donors (Lipinski definition) is 4. The summed E-state index contributed by atoms with van der Waals surface area (Å²) in [5.41, 5.74) is 13.8. The van der Waals surface area contributed by atoms with E-state index in [9.17, 15) is 26.4 Å². The van der Waals surface area contributed by atoms with Gasteiger partial charge >= 0.3 is 0 Å². The van der Waals surface area contributed by atoms with E-state index in [-0.39, 0.29) is 25.0 Å². The van der Waals surface area contributed by atoms with E-state index in [0.29, 0.717) is 156 Å². The van der Waals surface area contributed by atoms with Gasteiger partial charge in [-0.1, -0.05) is 24.3 Å². The van der Waals surface area contributed by atoms with Gasteiger partial charge in [0.05, 0.1) is 52.0 Å². The molecule has 2 aromatic heterocycles. The van der Waals surface area contributed by atoms with E-state index >= 15 is 0 Å². The summed E-state index contributed by atoms with van der Waals surface area (Å²) in [5, 5.41) is 1.39. The van der Waals surface area contributed by atoms with E-state index in [4.69, 9.17) is 58.5 Å². The smallest absolute Gasteiger partial charge is 0.267 e. The number of nitrogens with zero attached hydrogens (tertiary/aromatic N) is 8. The van der Waals surface area contributed by atoms with Crippen LogP contribution in [0.1, 0.15) is 0 Å². The normalized spacial score (nSPS) is 16.9. The quantitative estimate of drug-likeness (QED) is 0.159. The number of methoxy groups -OCH3 is 4. The van der Waals surface area contributed by atoms with E-state index in [1.165, 1.54) is 0 Å². The molecule has 2 saturated heterocycles. The molecule has 76 heavy (non-hydrogen) atoms. The molecule has 0 saturated carbocycles. The summed E-state index contributed by atoms with van der Waals surface area (Å²) in [6.45, 7) is 4.80. The van der Waals surface area contributed by atoms with Crippen molar-refractivity contribution in [3.8, 4) is 46.0 Å². The zero-order chi connectivity index (χ0) is 54.9. The SMILES string of the molecule is COc1cc2nc(N3CCN(C(=O)C4COc5ccccc5O4)CC3)nc(N)c2cc1OC.COc1cc2nc(N3CCN(C(=O)C4COc5ccccc5O4)CC3)nc(N)c2cc1OC.CS(=O)(=O)O.CS(=O)(=O)O. The second-order valence-electron chi connectivity index (χ2n) is 17.1. The van der Waals surface area contributed by atoms with Gasteiger partial charge in [0.15, 0.2) is 46.0 Å². The predicted octanol–water partition coefficient (Wildman–Crippen LogP) is 2.44. The van der Waals surface area contributed by atoms with Gasteiger partial charge in [0, 0.05) is 75.3 Å². The summed E-state index contributed by atoms with van der Waals surface area (Å²) >= 11 is 0. The number of ether oxygens (including phenoxy) is 8. The molecule has 26 nitrogen and oxygen atoms in total. The number of para-hydroxylation sites is 4. The molecule has 2 unspecified atom stereocenters. The van der Waals surface area contributed by atoms with Gasteiger partial charge in [0.1, 0.15) is 24.8 Å². The molecule has 4 aliphatic rings. The lowest BCUT2D eigenvalue weighted by atomic mass is 10.2. The summed E-state index contributed by atoms with van der Waals surface area (Å²) < 4.78 is 96.3. The second-order valence-corrected chi connectivity index (χ2v) is 20.0. The van der Waals surface area contributed by atoms with Crippen molar-refractivity contribution < 1.29 is 73.4 Å². The number of benzene rings is 4. The van der Waals surface area contributed by atoms with Crippen LogP contribution in [0.2, 0.25) is 0 Å². The topological polar surface area (TPSA) is 333 Å². The number of nitrogens with two attached hydrogens (primary N) is 2. The molecule has 2 fully saturated rings. The Balaban J connectivity index is 0.000000188. The maximum atomic E-state index is 13.0. The summed E-state index contributed by atoms with van der Waals surface area (Å²) in [4.78, 5) is 51.9. The Morgan fingerprint density at radius 1 is 0.526 bits per heavy atom. The van der Waals surface area contributed by atoms with Crippen molar-refractivity contribution in [3.63, 3.8) is 0 Å². The first-order valence-corrected chi connectivity index (χ1v) is 26.9. The molecule has 408 valence electrons. The Hall–Kier alpha value is -8.08. The average molecular weight is 1100 g/mol. The minimum atomic E-state index is -3.67. The van der Waals surface area contributed by atoms with E-state index in [1.807, 2.05) is 46.2 Å². The summed E-state index contributed by atoms with van der Waals surface area (Å²) in [7, 11) is -1.05. The van der Waals surface area contributed by atoms with Crippen LogP contribution in [0.25, 0.3) is 21.8 Å². The van der Waals surface area contributed by atoms with Gasteiger partial charge in [-0.2, -0.15) is 26.8 Å². The number of aromatic nitrogens is 4. The van der Waals surface area contributed by atoms with Crippen molar-refractivity contribution in [1.29, 1.82) is 0 Å². The van der Waals surface area contributed by atoms with Crippen molar-refractivity contribution in [2.45, 2.75) is 12.2 Å². The molecular weight excluding hydrogens is 1040 g/mol. The van der Waals surface area contributed by atoms with Crippen LogP contribution >= 0.6 is 0 Å².